The van der Waals surface area contributed by atoms with Crippen LogP contribution in [0.5, 0.6) is 11.5 Å². The van der Waals surface area contributed by atoms with Gasteiger partial charge in [-0.3, -0.25) is 4.79 Å². The van der Waals surface area contributed by atoms with Crippen LogP contribution in [0.2, 0.25) is 0 Å². The van der Waals surface area contributed by atoms with Gasteiger partial charge < -0.3 is 15.4 Å². The second-order valence-corrected chi connectivity index (χ2v) is 9.77. The summed E-state index contributed by atoms with van der Waals surface area (Å²) in [7, 11) is -3.67. The summed E-state index contributed by atoms with van der Waals surface area (Å²) in [6.45, 7) is 1.32. The van der Waals surface area contributed by atoms with Crippen LogP contribution in [0, 0.1) is 0 Å². The standard InChI is InChI=1S/C24H27N5O4S/c30-23(12-15-27-24-25-13-7-14-26-24)28-21-18-20(34(31,32)29-16-5-2-6-17-29)10-11-22(21)33-19-8-3-1-4-9-19/h1,3-4,7-11,13-14,18H,2,5-6,12,15-17H2,(H,28,30)(H,25,26,27). The molecule has 34 heavy (non-hydrogen) atoms. The first-order valence-electron chi connectivity index (χ1n) is 11.2. The Morgan fingerprint density at radius 2 is 1.71 bits per heavy atom. The number of benzene rings is 2. The zero-order chi connectivity index (χ0) is 23.8. The quantitative estimate of drug-likeness (QED) is 0.477. The molecule has 1 amide bonds. The minimum absolute atomic E-state index is 0.126. The van der Waals surface area contributed by atoms with Gasteiger partial charge in [-0.1, -0.05) is 24.6 Å². The van der Waals surface area contributed by atoms with Crippen molar-refractivity contribution in [3.63, 3.8) is 0 Å². The fourth-order valence-corrected chi connectivity index (χ4v) is 5.16. The zero-order valence-corrected chi connectivity index (χ0v) is 19.5. The van der Waals surface area contributed by atoms with Crippen molar-refractivity contribution >= 4 is 27.6 Å². The molecule has 0 radical (unpaired) electrons. The third kappa shape index (κ3) is 6.09. The van der Waals surface area contributed by atoms with E-state index >= 15 is 0 Å². The molecule has 0 unspecified atom stereocenters. The third-order valence-electron chi connectivity index (χ3n) is 5.35. The Morgan fingerprint density at radius 1 is 0.971 bits per heavy atom. The van der Waals surface area contributed by atoms with Gasteiger partial charge in [-0.2, -0.15) is 4.31 Å². The van der Waals surface area contributed by atoms with Crippen LogP contribution in [0.1, 0.15) is 25.7 Å². The molecule has 0 bridgehead atoms. The summed E-state index contributed by atoms with van der Waals surface area (Å²) < 4.78 is 33.8. The van der Waals surface area contributed by atoms with E-state index in [1.54, 1.807) is 36.7 Å². The molecule has 1 aromatic heterocycles. The van der Waals surface area contributed by atoms with Gasteiger partial charge in [0.15, 0.2) is 5.75 Å². The minimum Gasteiger partial charge on any atom is -0.455 e. The van der Waals surface area contributed by atoms with Gasteiger partial charge in [0.05, 0.1) is 10.6 Å². The van der Waals surface area contributed by atoms with Crippen LogP contribution < -0.4 is 15.4 Å². The Morgan fingerprint density at radius 3 is 2.44 bits per heavy atom. The van der Waals surface area contributed by atoms with Crippen molar-refractivity contribution in [3.05, 3.63) is 67.0 Å². The number of nitrogens with zero attached hydrogens (tertiary/aromatic N) is 3. The van der Waals surface area contributed by atoms with Crippen molar-refractivity contribution in [2.75, 3.05) is 30.3 Å². The molecular weight excluding hydrogens is 454 g/mol. The number of amides is 1. The molecule has 3 aromatic rings. The number of aromatic nitrogens is 2. The van der Waals surface area contributed by atoms with Gasteiger partial charge in [0.2, 0.25) is 21.9 Å². The molecule has 2 aromatic carbocycles. The van der Waals surface area contributed by atoms with Gasteiger partial charge in [0.1, 0.15) is 5.75 Å². The average Bonchev–Trinajstić information content (AvgIpc) is 2.87. The lowest BCUT2D eigenvalue weighted by Gasteiger charge is -2.26. The van der Waals surface area contributed by atoms with E-state index in [1.165, 1.54) is 16.4 Å². The van der Waals surface area contributed by atoms with Gasteiger partial charge in [0, 0.05) is 38.4 Å². The zero-order valence-electron chi connectivity index (χ0n) is 18.7. The number of carbonyl (C=O) groups excluding carboxylic acids is 1. The van der Waals surface area contributed by atoms with Crippen molar-refractivity contribution in [2.24, 2.45) is 0 Å². The first-order valence-corrected chi connectivity index (χ1v) is 12.6. The molecule has 1 saturated heterocycles. The number of anilines is 2. The van der Waals surface area contributed by atoms with Crippen molar-refractivity contribution in [1.82, 2.24) is 14.3 Å². The van der Waals surface area contributed by atoms with E-state index in [4.69, 9.17) is 4.74 Å². The van der Waals surface area contributed by atoms with E-state index < -0.39 is 10.0 Å². The van der Waals surface area contributed by atoms with Gasteiger partial charge in [0.25, 0.3) is 0 Å². The van der Waals surface area contributed by atoms with Crippen LogP contribution in [0.25, 0.3) is 0 Å². The highest BCUT2D eigenvalue weighted by Crippen LogP contribution is 2.33. The number of sulfonamides is 1. The lowest BCUT2D eigenvalue weighted by molar-refractivity contribution is -0.116. The third-order valence-corrected chi connectivity index (χ3v) is 7.24. The SMILES string of the molecule is O=C(CCNc1ncccn1)Nc1cc(S(=O)(=O)N2CCCCC2)ccc1Oc1ccccc1. The molecule has 2 N–H and O–H groups in total. The van der Waals surface area contributed by atoms with Gasteiger partial charge >= 0.3 is 0 Å². The second-order valence-electron chi connectivity index (χ2n) is 7.84. The molecule has 1 aliphatic heterocycles. The summed E-state index contributed by atoms with van der Waals surface area (Å²) in [5.74, 6) is 1.07. The van der Waals surface area contributed by atoms with Crippen molar-refractivity contribution in [3.8, 4) is 11.5 Å². The summed E-state index contributed by atoms with van der Waals surface area (Å²) in [5.41, 5.74) is 0.294. The van der Waals surface area contributed by atoms with E-state index in [2.05, 4.69) is 20.6 Å². The van der Waals surface area contributed by atoms with E-state index in [1.807, 2.05) is 18.2 Å². The number of carbonyl (C=O) groups is 1. The highest BCUT2D eigenvalue weighted by molar-refractivity contribution is 7.89. The van der Waals surface area contributed by atoms with Crippen molar-refractivity contribution in [2.45, 2.75) is 30.6 Å². The summed E-state index contributed by atoms with van der Waals surface area (Å²) >= 11 is 0. The van der Waals surface area contributed by atoms with Crippen molar-refractivity contribution in [1.29, 1.82) is 0 Å². The highest BCUT2D eigenvalue weighted by Gasteiger charge is 2.27. The maximum Gasteiger partial charge on any atom is 0.243 e. The summed E-state index contributed by atoms with van der Waals surface area (Å²) in [6.07, 6.45) is 6.06. The Hall–Kier alpha value is -3.50. The topological polar surface area (TPSA) is 114 Å². The van der Waals surface area contributed by atoms with Crippen LogP contribution in [0.15, 0.2) is 71.9 Å². The lowest BCUT2D eigenvalue weighted by Crippen LogP contribution is -2.35. The van der Waals surface area contributed by atoms with Crippen LogP contribution in [-0.2, 0) is 14.8 Å². The first kappa shape index (κ1) is 23.7. The molecular formula is C24H27N5O4S. The molecule has 9 nitrogen and oxygen atoms in total. The largest absolute Gasteiger partial charge is 0.455 e. The number of hydrogen-bond acceptors (Lipinski definition) is 7. The summed E-state index contributed by atoms with van der Waals surface area (Å²) in [6, 6.07) is 15.4. The van der Waals surface area contributed by atoms with E-state index in [9.17, 15) is 13.2 Å². The van der Waals surface area contributed by atoms with E-state index in [0.29, 0.717) is 42.8 Å². The Labute approximate surface area is 199 Å². The molecule has 10 heteroatoms. The molecule has 0 atom stereocenters. The number of para-hydroxylation sites is 1. The van der Waals surface area contributed by atoms with Crippen LogP contribution >= 0.6 is 0 Å². The first-order chi connectivity index (χ1) is 16.5. The van der Waals surface area contributed by atoms with Crippen LogP contribution in [0.3, 0.4) is 0 Å². The Balaban J connectivity index is 1.52. The summed E-state index contributed by atoms with van der Waals surface area (Å²) in [5, 5.41) is 5.78. The van der Waals surface area contributed by atoms with Gasteiger partial charge in [-0.15, -0.1) is 0 Å². The summed E-state index contributed by atoms with van der Waals surface area (Å²) in [4.78, 5) is 20.9. The Bertz CT molecular complexity index is 1200. The molecule has 4 rings (SSSR count). The maximum atomic E-state index is 13.2. The van der Waals surface area contributed by atoms with Gasteiger partial charge in [-0.05, 0) is 49.2 Å². The predicted molar refractivity (Wildman–Crippen MR) is 129 cm³/mol. The fourth-order valence-electron chi connectivity index (χ4n) is 3.62. The minimum atomic E-state index is -3.67. The van der Waals surface area contributed by atoms with E-state index in [0.717, 1.165) is 19.3 Å². The maximum absolute atomic E-state index is 13.2. The van der Waals surface area contributed by atoms with Crippen LogP contribution in [-0.4, -0.2) is 48.2 Å². The predicted octanol–water partition coefficient (Wildman–Crippen LogP) is 3.88. The Kier molecular flexibility index (Phi) is 7.71. The monoisotopic (exact) mass is 481 g/mol. The second kappa shape index (κ2) is 11.1. The molecule has 1 fully saturated rings. The van der Waals surface area contributed by atoms with E-state index in [-0.39, 0.29) is 17.2 Å². The molecule has 178 valence electrons. The molecule has 0 aliphatic carbocycles. The van der Waals surface area contributed by atoms with Crippen LogP contribution in [0.4, 0.5) is 11.6 Å². The lowest BCUT2D eigenvalue weighted by atomic mass is 10.2. The number of hydrogen-bond donors (Lipinski definition) is 2. The number of rotatable bonds is 9. The molecule has 0 spiro atoms. The van der Waals surface area contributed by atoms with Gasteiger partial charge in [-0.25, -0.2) is 18.4 Å². The number of nitrogens with one attached hydrogen (secondary N) is 2. The molecule has 2 heterocycles. The number of ether oxygens (including phenoxy) is 1. The average molecular weight is 482 g/mol. The highest BCUT2D eigenvalue weighted by atomic mass is 32.2. The van der Waals surface area contributed by atoms with Crippen molar-refractivity contribution < 1.29 is 17.9 Å². The normalized spacial score (nSPS) is 14.4. The smallest absolute Gasteiger partial charge is 0.243 e. The fraction of sp³-hybridized carbons (Fsp3) is 0.292. The molecule has 1 aliphatic rings. The molecule has 0 saturated carbocycles. The number of piperidine rings is 1.